The topological polar surface area (TPSA) is 77.9 Å². The summed E-state index contributed by atoms with van der Waals surface area (Å²) in [5.74, 6) is 0.278. The number of para-hydroxylation sites is 1. The maximum atomic E-state index is 11.8. The van der Waals surface area contributed by atoms with Crippen molar-refractivity contribution < 1.29 is 24.1 Å². The number of rotatable bonds is 11. The minimum absolute atomic E-state index is 0.0552. The summed E-state index contributed by atoms with van der Waals surface area (Å²) in [4.78, 5) is 16.4. The number of aromatic nitrogens is 1. The Bertz CT molecular complexity index is 1120. The van der Waals surface area contributed by atoms with Gasteiger partial charge in [0.25, 0.3) is 0 Å². The minimum Gasteiger partial charge on any atom is -0.491 e. The second-order valence-electron chi connectivity index (χ2n) is 7.55. The molecule has 0 radical (unpaired) electrons. The average Bonchev–Trinajstić information content (AvgIpc) is 2.82. The maximum Gasteiger partial charge on any atom is 0.303 e. The van der Waals surface area contributed by atoms with E-state index in [0.29, 0.717) is 18.8 Å². The summed E-state index contributed by atoms with van der Waals surface area (Å²) in [5.41, 5.74) is 4.38. The van der Waals surface area contributed by atoms with Crippen LogP contribution in [0.15, 0.2) is 79.0 Å². The number of aliphatic hydroxyl groups excluding tert-OH is 1. The SMILES string of the molecule is C=C(COC)/C(=C/C[C@H](OC(C)=O)c1ccc(OCCO)cc1)c1cnc2ccccc2c1. The van der Waals surface area contributed by atoms with Crippen LogP contribution in [0.1, 0.15) is 30.6 Å². The molecule has 0 fully saturated rings. The molecule has 1 aromatic heterocycles. The van der Waals surface area contributed by atoms with Crippen LogP contribution in [0.2, 0.25) is 0 Å². The van der Waals surface area contributed by atoms with Gasteiger partial charge in [0.1, 0.15) is 18.5 Å². The molecule has 0 unspecified atom stereocenters. The van der Waals surface area contributed by atoms with Crippen LogP contribution in [0.3, 0.4) is 0 Å². The van der Waals surface area contributed by atoms with E-state index >= 15 is 0 Å². The van der Waals surface area contributed by atoms with E-state index in [4.69, 9.17) is 19.3 Å². The van der Waals surface area contributed by atoms with Gasteiger partial charge >= 0.3 is 5.97 Å². The van der Waals surface area contributed by atoms with E-state index in [2.05, 4.69) is 17.6 Å². The number of carbonyl (C=O) groups is 1. The first-order chi connectivity index (χ1) is 16.0. The van der Waals surface area contributed by atoms with Gasteiger partial charge in [0.15, 0.2) is 0 Å². The number of hydrogen-bond acceptors (Lipinski definition) is 6. The lowest BCUT2D eigenvalue weighted by Crippen LogP contribution is -2.09. The van der Waals surface area contributed by atoms with Crippen LogP contribution < -0.4 is 4.74 Å². The molecule has 172 valence electrons. The molecular formula is C27H29NO5. The first-order valence-electron chi connectivity index (χ1n) is 10.7. The fourth-order valence-corrected chi connectivity index (χ4v) is 3.56. The highest BCUT2D eigenvalue weighted by atomic mass is 16.5. The summed E-state index contributed by atoms with van der Waals surface area (Å²) < 4.78 is 16.3. The molecule has 0 aliphatic heterocycles. The Morgan fingerprint density at radius 1 is 1.18 bits per heavy atom. The smallest absolute Gasteiger partial charge is 0.303 e. The lowest BCUT2D eigenvalue weighted by molar-refractivity contribution is -0.146. The van der Waals surface area contributed by atoms with E-state index in [1.807, 2.05) is 48.7 Å². The summed E-state index contributed by atoms with van der Waals surface area (Å²) in [5, 5.41) is 9.95. The molecule has 0 saturated carbocycles. The van der Waals surface area contributed by atoms with Crippen LogP contribution in [-0.4, -0.2) is 43.0 Å². The van der Waals surface area contributed by atoms with Crippen molar-refractivity contribution in [2.45, 2.75) is 19.4 Å². The van der Waals surface area contributed by atoms with E-state index in [1.54, 1.807) is 19.2 Å². The number of aliphatic hydroxyl groups is 1. The number of ether oxygens (including phenoxy) is 3. The number of carbonyl (C=O) groups excluding carboxylic acids is 1. The fourth-order valence-electron chi connectivity index (χ4n) is 3.56. The summed E-state index contributed by atoms with van der Waals surface area (Å²) in [6.07, 6.45) is 3.80. The molecule has 3 aromatic rings. The van der Waals surface area contributed by atoms with E-state index in [1.165, 1.54) is 6.92 Å². The van der Waals surface area contributed by atoms with Gasteiger partial charge in [-0.25, -0.2) is 0 Å². The molecule has 0 saturated heterocycles. The van der Waals surface area contributed by atoms with Gasteiger partial charge in [0, 0.05) is 37.6 Å². The Kier molecular flexibility index (Phi) is 8.75. The Morgan fingerprint density at radius 3 is 2.64 bits per heavy atom. The first-order valence-corrected chi connectivity index (χ1v) is 10.7. The molecule has 3 rings (SSSR count). The van der Waals surface area contributed by atoms with E-state index in [9.17, 15) is 4.79 Å². The number of methoxy groups -OCH3 is 1. The summed E-state index contributed by atoms with van der Waals surface area (Å²) in [6, 6.07) is 17.3. The van der Waals surface area contributed by atoms with Gasteiger partial charge in [-0.3, -0.25) is 9.78 Å². The van der Waals surface area contributed by atoms with Gasteiger partial charge in [-0.05, 0) is 41.0 Å². The number of benzene rings is 2. The Labute approximate surface area is 194 Å². The van der Waals surface area contributed by atoms with E-state index in [-0.39, 0.29) is 19.2 Å². The highest BCUT2D eigenvalue weighted by molar-refractivity contribution is 5.86. The van der Waals surface area contributed by atoms with Gasteiger partial charge in [-0.1, -0.05) is 43.0 Å². The molecule has 33 heavy (non-hydrogen) atoms. The minimum atomic E-state index is -0.479. The number of fused-ring (bicyclic) bond motifs is 1. The molecule has 0 aliphatic carbocycles. The zero-order valence-electron chi connectivity index (χ0n) is 19.0. The Balaban J connectivity index is 1.91. The molecule has 1 atom stereocenters. The molecule has 2 aromatic carbocycles. The fraction of sp³-hybridized carbons (Fsp3) is 0.259. The lowest BCUT2D eigenvalue weighted by atomic mass is 9.96. The van der Waals surface area contributed by atoms with Crippen molar-refractivity contribution in [1.82, 2.24) is 4.98 Å². The third kappa shape index (κ3) is 6.75. The monoisotopic (exact) mass is 447 g/mol. The largest absolute Gasteiger partial charge is 0.491 e. The van der Waals surface area contributed by atoms with Crippen LogP contribution in [-0.2, 0) is 14.3 Å². The predicted molar refractivity (Wildman–Crippen MR) is 129 cm³/mol. The van der Waals surface area contributed by atoms with E-state index in [0.717, 1.165) is 33.2 Å². The van der Waals surface area contributed by atoms with Gasteiger partial charge in [0.2, 0.25) is 0 Å². The number of pyridine rings is 1. The van der Waals surface area contributed by atoms with Gasteiger partial charge in [-0.15, -0.1) is 0 Å². The van der Waals surface area contributed by atoms with Crippen molar-refractivity contribution in [3.05, 3.63) is 90.1 Å². The number of hydrogen-bond donors (Lipinski definition) is 1. The van der Waals surface area contributed by atoms with Gasteiger partial charge in [-0.2, -0.15) is 0 Å². The normalized spacial score (nSPS) is 12.4. The predicted octanol–water partition coefficient (Wildman–Crippen LogP) is 4.89. The standard InChI is InChI=1S/C27H29NO5/c1-19(18-31-3)25(23-16-22-6-4-5-7-26(22)28-17-23)12-13-27(33-20(2)30)21-8-10-24(11-9-21)32-15-14-29/h4-12,16-17,27,29H,1,13-15,18H2,2-3H3/b25-12-/t27-/m0/s1. The van der Waals surface area contributed by atoms with Crippen LogP contribution in [0.5, 0.6) is 5.75 Å². The maximum absolute atomic E-state index is 11.8. The Hall–Kier alpha value is -3.48. The second-order valence-corrected chi connectivity index (χ2v) is 7.55. The zero-order valence-corrected chi connectivity index (χ0v) is 19.0. The lowest BCUT2D eigenvalue weighted by Gasteiger charge is -2.18. The molecule has 0 spiro atoms. The third-order valence-corrected chi connectivity index (χ3v) is 5.06. The highest BCUT2D eigenvalue weighted by Gasteiger charge is 2.16. The second kappa shape index (κ2) is 11.9. The van der Waals surface area contributed by atoms with Crippen LogP contribution in [0.25, 0.3) is 16.5 Å². The molecule has 0 amide bonds. The van der Waals surface area contributed by atoms with Crippen molar-refractivity contribution >= 4 is 22.4 Å². The van der Waals surface area contributed by atoms with Crippen LogP contribution in [0.4, 0.5) is 0 Å². The Morgan fingerprint density at radius 2 is 1.94 bits per heavy atom. The molecule has 1 heterocycles. The van der Waals surface area contributed by atoms with Crippen molar-refractivity contribution in [2.75, 3.05) is 26.9 Å². The molecular weight excluding hydrogens is 418 g/mol. The first kappa shape index (κ1) is 24.2. The quantitative estimate of drug-likeness (QED) is 0.333. The van der Waals surface area contributed by atoms with Crippen molar-refractivity contribution in [2.24, 2.45) is 0 Å². The zero-order chi connectivity index (χ0) is 23.6. The third-order valence-electron chi connectivity index (χ3n) is 5.06. The summed E-state index contributed by atoms with van der Waals surface area (Å²) >= 11 is 0. The van der Waals surface area contributed by atoms with E-state index < -0.39 is 6.10 Å². The van der Waals surface area contributed by atoms with Crippen LogP contribution >= 0.6 is 0 Å². The molecule has 6 nitrogen and oxygen atoms in total. The summed E-state index contributed by atoms with van der Waals surface area (Å²) in [7, 11) is 1.63. The number of nitrogens with zero attached hydrogens (tertiary/aromatic N) is 1. The number of esters is 1. The van der Waals surface area contributed by atoms with Crippen molar-refractivity contribution in [1.29, 1.82) is 0 Å². The van der Waals surface area contributed by atoms with Gasteiger partial charge in [0.05, 0.1) is 18.7 Å². The van der Waals surface area contributed by atoms with Crippen LogP contribution in [0, 0.1) is 0 Å². The average molecular weight is 448 g/mol. The van der Waals surface area contributed by atoms with Gasteiger partial charge < -0.3 is 19.3 Å². The summed E-state index contributed by atoms with van der Waals surface area (Å²) in [6.45, 7) is 6.12. The van der Waals surface area contributed by atoms with Crippen molar-refractivity contribution in [3.63, 3.8) is 0 Å². The van der Waals surface area contributed by atoms with Crippen molar-refractivity contribution in [3.8, 4) is 5.75 Å². The molecule has 6 heteroatoms. The molecule has 0 aliphatic rings. The molecule has 1 N–H and O–H groups in total. The molecule has 0 bridgehead atoms. The highest BCUT2D eigenvalue weighted by Crippen LogP contribution is 2.30.